The molecule has 0 radical (unpaired) electrons. The van der Waals surface area contributed by atoms with Gasteiger partial charge in [0.15, 0.2) is 0 Å². The first-order valence-electron chi connectivity index (χ1n) is 3.95. The molecule has 0 unspecified atom stereocenters. The summed E-state index contributed by atoms with van der Waals surface area (Å²) in [6.45, 7) is 1.83. The van der Waals surface area contributed by atoms with Gasteiger partial charge in [0.25, 0.3) is 0 Å². The summed E-state index contributed by atoms with van der Waals surface area (Å²) in [6, 6.07) is 0. The Labute approximate surface area is 62.4 Å². The minimum absolute atomic E-state index is 0.152. The van der Waals surface area contributed by atoms with E-state index in [0.717, 1.165) is 12.8 Å². The Bertz CT molecular complexity index is 152. The monoisotopic (exact) mass is 138 g/mol. The maximum atomic E-state index is 9.40. The van der Waals surface area contributed by atoms with Gasteiger partial charge in [-0.05, 0) is 19.8 Å². The van der Waals surface area contributed by atoms with Gasteiger partial charge in [-0.25, -0.2) is 0 Å². The molecule has 0 saturated heterocycles. The van der Waals surface area contributed by atoms with Gasteiger partial charge in [-0.1, -0.05) is 18.8 Å². The molecule has 0 aromatic rings. The van der Waals surface area contributed by atoms with Crippen LogP contribution in [0.4, 0.5) is 0 Å². The van der Waals surface area contributed by atoms with Crippen molar-refractivity contribution in [1.82, 2.24) is 0 Å². The molecule has 0 aromatic carbocycles. The van der Waals surface area contributed by atoms with Crippen molar-refractivity contribution < 1.29 is 5.11 Å². The van der Waals surface area contributed by atoms with Gasteiger partial charge in [-0.2, -0.15) is 0 Å². The van der Waals surface area contributed by atoms with Crippen LogP contribution in [-0.2, 0) is 0 Å². The average Bonchev–Trinajstić information content (AvgIpc) is 1.94. The summed E-state index contributed by atoms with van der Waals surface area (Å²) in [4.78, 5) is 0. The van der Waals surface area contributed by atoms with Crippen LogP contribution in [0.1, 0.15) is 32.6 Å². The lowest BCUT2D eigenvalue weighted by Crippen LogP contribution is -2.22. The summed E-state index contributed by atoms with van der Waals surface area (Å²) in [5, 5.41) is 9.40. The highest BCUT2D eigenvalue weighted by Crippen LogP contribution is 2.23. The van der Waals surface area contributed by atoms with Crippen LogP contribution in [0.5, 0.6) is 0 Å². The van der Waals surface area contributed by atoms with Crippen molar-refractivity contribution in [3.8, 4) is 11.8 Å². The molecular weight excluding hydrogens is 124 g/mol. The van der Waals surface area contributed by atoms with Gasteiger partial charge in [-0.3, -0.25) is 0 Å². The van der Waals surface area contributed by atoms with E-state index >= 15 is 0 Å². The fourth-order valence-electron chi connectivity index (χ4n) is 1.47. The second-order valence-corrected chi connectivity index (χ2v) is 2.85. The van der Waals surface area contributed by atoms with Crippen LogP contribution in [0.3, 0.4) is 0 Å². The molecule has 0 aliphatic heterocycles. The first-order valence-corrected chi connectivity index (χ1v) is 3.95. The zero-order valence-corrected chi connectivity index (χ0v) is 6.43. The highest BCUT2D eigenvalue weighted by molar-refractivity contribution is 5.04. The van der Waals surface area contributed by atoms with Gasteiger partial charge in [0.05, 0.1) is 6.10 Å². The van der Waals surface area contributed by atoms with Crippen LogP contribution >= 0.6 is 0 Å². The zero-order valence-electron chi connectivity index (χ0n) is 6.43. The van der Waals surface area contributed by atoms with Crippen LogP contribution < -0.4 is 0 Å². The van der Waals surface area contributed by atoms with E-state index in [9.17, 15) is 5.11 Å². The van der Waals surface area contributed by atoms with E-state index in [0.29, 0.717) is 0 Å². The highest BCUT2D eigenvalue weighted by Gasteiger charge is 2.20. The Hall–Kier alpha value is -0.480. The van der Waals surface area contributed by atoms with Crippen LogP contribution in [0.15, 0.2) is 0 Å². The Kier molecular flexibility index (Phi) is 2.77. The first-order chi connectivity index (χ1) is 4.84. The number of aliphatic hydroxyl groups excluding tert-OH is 1. The Morgan fingerprint density at radius 3 is 2.60 bits per heavy atom. The highest BCUT2D eigenvalue weighted by atomic mass is 16.3. The largest absolute Gasteiger partial charge is 0.392 e. The molecule has 0 amide bonds. The molecule has 0 bridgehead atoms. The van der Waals surface area contributed by atoms with Gasteiger partial charge in [0, 0.05) is 5.92 Å². The van der Waals surface area contributed by atoms with Crippen LogP contribution in [0.25, 0.3) is 0 Å². The van der Waals surface area contributed by atoms with E-state index < -0.39 is 0 Å². The minimum atomic E-state index is -0.152. The number of aliphatic hydroxyl groups is 1. The molecule has 56 valence electrons. The third-order valence-electron chi connectivity index (χ3n) is 2.06. The quantitative estimate of drug-likeness (QED) is 0.504. The van der Waals surface area contributed by atoms with Crippen molar-refractivity contribution in [1.29, 1.82) is 0 Å². The van der Waals surface area contributed by atoms with Crippen LogP contribution in [0, 0.1) is 17.8 Å². The fraction of sp³-hybridized carbons (Fsp3) is 0.778. The molecule has 10 heavy (non-hydrogen) atoms. The Morgan fingerprint density at radius 2 is 2.00 bits per heavy atom. The van der Waals surface area contributed by atoms with Crippen molar-refractivity contribution in [2.24, 2.45) is 5.92 Å². The van der Waals surface area contributed by atoms with Crippen molar-refractivity contribution in [2.75, 3.05) is 0 Å². The van der Waals surface area contributed by atoms with Crippen LogP contribution in [0.2, 0.25) is 0 Å². The predicted octanol–water partition coefficient (Wildman–Crippen LogP) is 1.56. The third kappa shape index (κ3) is 1.75. The Morgan fingerprint density at radius 1 is 1.30 bits per heavy atom. The van der Waals surface area contributed by atoms with E-state index in [1.807, 2.05) is 6.92 Å². The lowest BCUT2D eigenvalue weighted by molar-refractivity contribution is 0.0970. The molecule has 2 atom stereocenters. The zero-order chi connectivity index (χ0) is 7.40. The van der Waals surface area contributed by atoms with Gasteiger partial charge in [0.1, 0.15) is 0 Å². The maximum absolute atomic E-state index is 9.40. The number of hydrogen-bond acceptors (Lipinski definition) is 1. The molecule has 1 N–H and O–H groups in total. The SMILES string of the molecule is CC#C[C@H]1CCCC[C@@H]1O. The van der Waals surface area contributed by atoms with E-state index in [1.165, 1.54) is 12.8 Å². The molecule has 1 aliphatic rings. The summed E-state index contributed by atoms with van der Waals surface area (Å²) < 4.78 is 0. The molecule has 1 saturated carbocycles. The maximum Gasteiger partial charge on any atom is 0.0677 e. The molecule has 0 spiro atoms. The summed E-state index contributed by atoms with van der Waals surface area (Å²) in [5.74, 6) is 6.15. The van der Waals surface area contributed by atoms with E-state index in [1.54, 1.807) is 0 Å². The normalized spacial score (nSPS) is 32.6. The topological polar surface area (TPSA) is 20.2 Å². The standard InChI is InChI=1S/C9H14O/c1-2-5-8-6-3-4-7-9(8)10/h8-10H,3-4,6-7H2,1H3/t8-,9-/m0/s1. The van der Waals surface area contributed by atoms with Crippen LogP contribution in [-0.4, -0.2) is 11.2 Å². The summed E-state index contributed by atoms with van der Waals surface area (Å²) in [6.07, 6.45) is 4.28. The van der Waals surface area contributed by atoms with Gasteiger partial charge >= 0.3 is 0 Å². The first kappa shape index (κ1) is 7.63. The minimum Gasteiger partial charge on any atom is -0.392 e. The smallest absolute Gasteiger partial charge is 0.0677 e. The number of rotatable bonds is 0. The van der Waals surface area contributed by atoms with Gasteiger partial charge < -0.3 is 5.11 Å². The van der Waals surface area contributed by atoms with Crippen molar-refractivity contribution in [3.63, 3.8) is 0 Å². The van der Waals surface area contributed by atoms with Crippen molar-refractivity contribution in [3.05, 3.63) is 0 Å². The molecule has 1 nitrogen and oxygen atoms in total. The molecule has 0 heterocycles. The second kappa shape index (κ2) is 3.63. The number of hydrogen-bond donors (Lipinski definition) is 1. The molecule has 1 heteroatoms. The molecular formula is C9H14O. The third-order valence-corrected chi connectivity index (χ3v) is 2.06. The summed E-state index contributed by atoms with van der Waals surface area (Å²) in [5.41, 5.74) is 0. The fourth-order valence-corrected chi connectivity index (χ4v) is 1.47. The lowest BCUT2D eigenvalue weighted by atomic mass is 9.87. The Balaban J connectivity index is 2.45. The molecule has 1 aliphatic carbocycles. The van der Waals surface area contributed by atoms with Crippen molar-refractivity contribution >= 4 is 0 Å². The average molecular weight is 138 g/mol. The lowest BCUT2D eigenvalue weighted by Gasteiger charge is -2.22. The predicted molar refractivity (Wildman–Crippen MR) is 41.4 cm³/mol. The van der Waals surface area contributed by atoms with E-state index in [4.69, 9.17) is 0 Å². The molecule has 1 fully saturated rings. The van der Waals surface area contributed by atoms with E-state index in [2.05, 4.69) is 11.8 Å². The second-order valence-electron chi connectivity index (χ2n) is 2.85. The van der Waals surface area contributed by atoms with Gasteiger partial charge in [0.2, 0.25) is 0 Å². The summed E-state index contributed by atoms with van der Waals surface area (Å²) in [7, 11) is 0. The molecule has 0 aromatic heterocycles. The van der Waals surface area contributed by atoms with Gasteiger partial charge in [-0.15, -0.1) is 5.92 Å². The molecule has 1 rings (SSSR count). The van der Waals surface area contributed by atoms with E-state index in [-0.39, 0.29) is 12.0 Å². The van der Waals surface area contributed by atoms with Crippen molar-refractivity contribution in [2.45, 2.75) is 38.7 Å². The summed E-state index contributed by atoms with van der Waals surface area (Å²) >= 11 is 0.